The second-order valence-electron chi connectivity index (χ2n) is 4.31. The van der Waals surface area contributed by atoms with Gasteiger partial charge in [0.1, 0.15) is 0 Å². The number of rotatable bonds is 5. The molecule has 0 aliphatic rings. The van der Waals surface area contributed by atoms with E-state index < -0.39 is 4.92 Å². The first kappa shape index (κ1) is 16.7. The second-order valence-corrected chi connectivity index (χ2v) is 5.84. The number of halogens is 1. The smallest absolute Gasteiger partial charge is 0.324 e. The number of nitrogens with zero attached hydrogens (tertiary/aromatic N) is 3. The molecule has 0 aliphatic heterocycles. The highest BCUT2D eigenvalue weighted by molar-refractivity contribution is 7.16. The van der Waals surface area contributed by atoms with Crippen LogP contribution in [0.3, 0.4) is 0 Å². The fourth-order valence-corrected chi connectivity index (χ4v) is 2.57. The summed E-state index contributed by atoms with van der Waals surface area (Å²) in [7, 11) is 0. The molecule has 118 valence electrons. The number of nitrogens with two attached hydrogens (primary N) is 2. The Morgan fingerprint density at radius 1 is 1.22 bits per heavy atom. The maximum Gasteiger partial charge on any atom is 0.324 e. The van der Waals surface area contributed by atoms with Gasteiger partial charge >= 0.3 is 5.00 Å². The van der Waals surface area contributed by atoms with Crippen LogP contribution in [0.1, 0.15) is 10.4 Å². The summed E-state index contributed by atoms with van der Waals surface area (Å²) in [4.78, 5) is 11.0. The number of thiophene rings is 1. The highest BCUT2D eigenvalue weighted by Gasteiger charge is 2.09. The standard InChI is InChI=1S/C14H12ClN5O2S/c15-11-3-1-9(2-4-11)10(8-18-19-14(16)17)7-12-5-6-13(23-12)20(21)22/h1-8H,(H4,16,17,19). The van der Waals surface area contributed by atoms with Gasteiger partial charge in [-0.15, -0.1) is 5.10 Å². The van der Waals surface area contributed by atoms with Crippen molar-refractivity contribution in [1.29, 1.82) is 0 Å². The molecule has 0 bridgehead atoms. The zero-order valence-electron chi connectivity index (χ0n) is 11.7. The van der Waals surface area contributed by atoms with Crippen LogP contribution in [-0.4, -0.2) is 17.1 Å². The van der Waals surface area contributed by atoms with E-state index in [9.17, 15) is 10.1 Å². The molecule has 2 rings (SSSR count). The molecular weight excluding hydrogens is 338 g/mol. The van der Waals surface area contributed by atoms with E-state index in [2.05, 4.69) is 10.2 Å². The topological polar surface area (TPSA) is 120 Å². The van der Waals surface area contributed by atoms with E-state index >= 15 is 0 Å². The lowest BCUT2D eigenvalue weighted by Gasteiger charge is -2.01. The van der Waals surface area contributed by atoms with E-state index in [0.29, 0.717) is 15.5 Å². The third-order valence-corrected chi connectivity index (χ3v) is 3.87. The minimum absolute atomic E-state index is 0.0628. The van der Waals surface area contributed by atoms with Gasteiger partial charge in [-0.3, -0.25) is 10.1 Å². The first-order valence-corrected chi connectivity index (χ1v) is 7.49. The average Bonchev–Trinajstić information content (AvgIpc) is 2.95. The molecule has 0 aliphatic carbocycles. The quantitative estimate of drug-likeness (QED) is 0.373. The van der Waals surface area contributed by atoms with E-state index in [-0.39, 0.29) is 11.0 Å². The van der Waals surface area contributed by atoms with Crippen molar-refractivity contribution in [1.82, 2.24) is 0 Å². The van der Waals surface area contributed by atoms with Crippen LogP contribution in [0.5, 0.6) is 0 Å². The van der Waals surface area contributed by atoms with Crippen LogP contribution in [0, 0.1) is 10.1 Å². The normalized spacial score (nSPS) is 11.6. The molecule has 0 spiro atoms. The Morgan fingerprint density at radius 2 is 1.91 bits per heavy atom. The van der Waals surface area contributed by atoms with Gasteiger partial charge in [-0.1, -0.05) is 35.1 Å². The third-order valence-electron chi connectivity index (χ3n) is 2.64. The van der Waals surface area contributed by atoms with Crippen LogP contribution in [0.4, 0.5) is 5.00 Å². The molecule has 0 amide bonds. The van der Waals surface area contributed by atoms with Crippen LogP contribution < -0.4 is 11.5 Å². The summed E-state index contributed by atoms with van der Waals surface area (Å²) in [6.07, 6.45) is 3.22. The Morgan fingerprint density at radius 3 is 2.48 bits per heavy atom. The first-order valence-electron chi connectivity index (χ1n) is 6.29. The highest BCUT2D eigenvalue weighted by Crippen LogP contribution is 2.28. The fraction of sp³-hybridized carbons (Fsp3) is 0. The molecule has 0 radical (unpaired) electrons. The predicted octanol–water partition coefficient (Wildman–Crippen LogP) is 3.11. The van der Waals surface area contributed by atoms with E-state index in [4.69, 9.17) is 23.1 Å². The number of allylic oxidation sites excluding steroid dienone is 1. The molecule has 23 heavy (non-hydrogen) atoms. The zero-order chi connectivity index (χ0) is 16.8. The number of hydrogen-bond acceptors (Lipinski definition) is 5. The van der Waals surface area contributed by atoms with Crippen LogP contribution in [-0.2, 0) is 0 Å². The van der Waals surface area contributed by atoms with Crippen LogP contribution in [0.15, 0.2) is 46.6 Å². The van der Waals surface area contributed by atoms with E-state index in [1.165, 1.54) is 12.3 Å². The fourth-order valence-electron chi connectivity index (χ4n) is 1.67. The summed E-state index contributed by atoms with van der Waals surface area (Å²) < 4.78 is 0. The van der Waals surface area contributed by atoms with Crippen molar-refractivity contribution < 1.29 is 4.92 Å². The van der Waals surface area contributed by atoms with Crippen molar-refractivity contribution in [3.63, 3.8) is 0 Å². The molecule has 4 N–H and O–H groups in total. The van der Waals surface area contributed by atoms with Gasteiger partial charge in [0.05, 0.1) is 11.1 Å². The Bertz CT molecular complexity index is 792. The molecule has 0 saturated heterocycles. The van der Waals surface area contributed by atoms with Crippen LogP contribution >= 0.6 is 22.9 Å². The van der Waals surface area contributed by atoms with Crippen LogP contribution in [0.2, 0.25) is 5.02 Å². The average molecular weight is 350 g/mol. The largest absolute Gasteiger partial charge is 0.369 e. The minimum Gasteiger partial charge on any atom is -0.369 e. The monoisotopic (exact) mass is 349 g/mol. The Balaban J connectivity index is 2.40. The minimum atomic E-state index is -0.433. The predicted molar refractivity (Wildman–Crippen MR) is 94.6 cm³/mol. The number of hydrogen-bond donors (Lipinski definition) is 2. The van der Waals surface area contributed by atoms with Gasteiger partial charge in [0.15, 0.2) is 0 Å². The molecule has 1 aromatic heterocycles. The van der Waals surface area contributed by atoms with Gasteiger partial charge in [-0.2, -0.15) is 5.10 Å². The summed E-state index contributed by atoms with van der Waals surface area (Å²) in [5, 5.41) is 18.8. The van der Waals surface area contributed by atoms with Gasteiger partial charge in [-0.25, -0.2) is 0 Å². The Labute approximate surface area is 140 Å². The van der Waals surface area contributed by atoms with E-state index in [0.717, 1.165) is 16.9 Å². The summed E-state index contributed by atoms with van der Waals surface area (Å²) in [6.45, 7) is 0. The lowest BCUT2D eigenvalue weighted by atomic mass is 10.1. The summed E-state index contributed by atoms with van der Waals surface area (Å²) in [6, 6.07) is 10.2. The molecular formula is C14H12ClN5O2S. The summed E-state index contributed by atoms with van der Waals surface area (Å²) >= 11 is 6.94. The first-order chi connectivity index (χ1) is 11.0. The molecule has 0 saturated carbocycles. The number of nitro groups is 1. The van der Waals surface area contributed by atoms with Crippen molar-refractivity contribution in [3.8, 4) is 0 Å². The van der Waals surface area contributed by atoms with Crippen molar-refractivity contribution >= 4 is 51.8 Å². The van der Waals surface area contributed by atoms with Gasteiger partial charge in [0.25, 0.3) is 0 Å². The Kier molecular flexibility index (Phi) is 5.45. The number of guanidine groups is 1. The maximum atomic E-state index is 10.8. The molecule has 0 fully saturated rings. The Hall–Kier alpha value is -2.71. The van der Waals surface area contributed by atoms with Crippen LogP contribution in [0.25, 0.3) is 11.6 Å². The van der Waals surface area contributed by atoms with Crippen molar-refractivity contribution in [2.45, 2.75) is 0 Å². The second kappa shape index (κ2) is 7.52. The van der Waals surface area contributed by atoms with E-state index in [1.54, 1.807) is 36.4 Å². The summed E-state index contributed by atoms with van der Waals surface area (Å²) in [5.74, 6) is -0.163. The molecule has 1 heterocycles. The zero-order valence-corrected chi connectivity index (χ0v) is 13.3. The SMILES string of the molecule is NC(N)=NN=CC(=Cc1ccc([N+](=O)[O-])s1)c1ccc(Cl)cc1. The molecule has 0 unspecified atom stereocenters. The highest BCUT2D eigenvalue weighted by atomic mass is 35.5. The maximum absolute atomic E-state index is 10.8. The van der Waals surface area contributed by atoms with Gasteiger partial charge in [0.2, 0.25) is 5.96 Å². The molecule has 1 aromatic carbocycles. The summed E-state index contributed by atoms with van der Waals surface area (Å²) in [5.41, 5.74) is 12.0. The molecule has 0 atom stereocenters. The van der Waals surface area contributed by atoms with Gasteiger partial charge < -0.3 is 11.5 Å². The molecule has 9 heteroatoms. The lowest BCUT2D eigenvalue weighted by molar-refractivity contribution is -0.380. The lowest BCUT2D eigenvalue weighted by Crippen LogP contribution is -2.21. The van der Waals surface area contributed by atoms with Gasteiger partial charge in [-0.05, 0) is 29.8 Å². The van der Waals surface area contributed by atoms with Crippen molar-refractivity contribution in [3.05, 3.63) is 62.0 Å². The van der Waals surface area contributed by atoms with Gasteiger partial charge in [0, 0.05) is 21.5 Å². The third kappa shape index (κ3) is 4.90. The van der Waals surface area contributed by atoms with E-state index in [1.807, 2.05) is 0 Å². The van der Waals surface area contributed by atoms with Crippen molar-refractivity contribution in [2.24, 2.45) is 21.7 Å². The van der Waals surface area contributed by atoms with Crippen molar-refractivity contribution in [2.75, 3.05) is 0 Å². The molecule has 7 nitrogen and oxygen atoms in total. The molecule has 2 aromatic rings. The number of benzene rings is 1.